The van der Waals surface area contributed by atoms with Crippen molar-refractivity contribution in [2.24, 2.45) is 0 Å². The molecule has 0 radical (unpaired) electrons. The number of nitrogens with two attached hydrogens (primary N) is 1. The van der Waals surface area contributed by atoms with Gasteiger partial charge in [0.15, 0.2) is 0 Å². The first-order chi connectivity index (χ1) is 9.25. The maximum absolute atomic E-state index is 6.02. The highest BCUT2D eigenvalue weighted by atomic mass is 15.2. The van der Waals surface area contributed by atoms with Gasteiger partial charge in [-0.25, -0.2) is 4.98 Å². The summed E-state index contributed by atoms with van der Waals surface area (Å²) >= 11 is 0. The molecule has 2 N–H and O–H groups in total. The van der Waals surface area contributed by atoms with Gasteiger partial charge in [0.25, 0.3) is 0 Å². The molecule has 5 nitrogen and oxygen atoms in total. The molecular formula is C14H19N5. The van der Waals surface area contributed by atoms with Gasteiger partial charge in [-0.3, -0.25) is 4.98 Å². The van der Waals surface area contributed by atoms with Gasteiger partial charge in [-0.05, 0) is 32.5 Å². The Balaban J connectivity index is 1.88. The van der Waals surface area contributed by atoms with Crippen LogP contribution in [-0.4, -0.2) is 39.1 Å². The van der Waals surface area contributed by atoms with Crippen molar-refractivity contribution in [2.75, 3.05) is 19.3 Å². The summed E-state index contributed by atoms with van der Waals surface area (Å²) in [5, 5.41) is 0. The first kappa shape index (κ1) is 12.2. The van der Waals surface area contributed by atoms with Gasteiger partial charge in [-0.15, -0.1) is 0 Å². The molecule has 1 aliphatic rings. The Morgan fingerprint density at radius 2 is 2.26 bits per heavy atom. The normalized spacial score (nSPS) is 19.9. The first-order valence-corrected chi connectivity index (χ1v) is 6.66. The Kier molecular flexibility index (Phi) is 3.21. The molecule has 0 bridgehead atoms. The average molecular weight is 257 g/mol. The lowest BCUT2D eigenvalue weighted by molar-refractivity contribution is 0.283. The lowest BCUT2D eigenvalue weighted by Gasteiger charge is -2.21. The number of hydrogen-bond donors (Lipinski definition) is 1. The van der Waals surface area contributed by atoms with Crippen LogP contribution in [0.25, 0.3) is 11.3 Å². The van der Waals surface area contributed by atoms with Gasteiger partial charge in [-0.1, -0.05) is 0 Å². The molecule has 0 aliphatic carbocycles. The van der Waals surface area contributed by atoms with Crippen LogP contribution >= 0.6 is 0 Å². The van der Waals surface area contributed by atoms with Crippen molar-refractivity contribution in [3.63, 3.8) is 0 Å². The molecule has 1 saturated heterocycles. The van der Waals surface area contributed by atoms with Crippen molar-refractivity contribution < 1.29 is 0 Å². The summed E-state index contributed by atoms with van der Waals surface area (Å²) in [5.74, 6) is 0. The van der Waals surface area contributed by atoms with Crippen LogP contribution in [0.4, 0.5) is 5.69 Å². The highest BCUT2D eigenvalue weighted by molar-refractivity contribution is 5.72. The van der Waals surface area contributed by atoms with E-state index in [1.807, 2.05) is 18.6 Å². The fraction of sp³-hybridized carbons (Fsp3) is 0.429. The van der Waals surface area contributed by atoms with Crippen molar-refractivity contribution in [1.29, 1.82) is 0 Å². The van der Waals surface area contributed by atoms with Gasteiger partial charge in [0, 0.05) is 36.2 Å². The maximum atomic E-state index is 6.02. The quantitative estimate of drug-likeness (QED) is 0.907. The van der Waals surface area contributed by atoms with Gasteiger partial charge >= 0.3 is 0 Å². The van der Waals surface area contributed by atoms with E-state index in [1.54, 1.807) is 12.4 Å². The number of nitrogens with zero attached hydrogens (tertiary/aromatic N) is 4. The number of aromatic nitrogens is 3. The maximum Gasteiger partial charge on any atom is 0.0951 e. The van der Waals surface area contributed by atoms with E-state index in [2.05, 4.69) is 26.5 Å². The van der Waals surface area contributed by atoms with Crippen LogP contribution in [0.15, 0.2) is 31.0 Å². The molecule has 2 aromatic rings. The van der Waals surface area contributed by atoms with E-state index in [0.717, 1.165) is 23.5 Å². The molecule has 19 heavy (non-hydrogen) atoms. The Morgan fingerprint density at radius 1 is 1.37 bits per heavy atom. The number of likely N-dealkylation sites (tertiary alicyclic amines) is 1. The monoisotopic (exact) mass is 257 g/mol. The van der Waals surface area contributed by atoms with Gasteiger partial charge < -0.3 is 15.2 Å². The molecule has 1 aliphatic heterocycles. The summed E-state index contributed by atoms with van der Waals surface area (Å²) in [4.78, 5) is 10.8. The average Bonchev–Trinajstić information content (AvgIpc) is 3.01. The lowest BCUT2D eigenvalue weighted by atomic mass is 10.1. The largest absolute Gasteiger partial charge is 0.398 e. The number of anilines is 1. The number of rotatable bonds is 3. The second-order valence-corrected chi connectivity index (χ2v) is 5.17. The molecule has 0 amide bonds. The van der Waals surface area contributed by atoms with E-state index in [9.17, 15) is 0 Å². The third kappa shape index (κ3) is 2.33. The van der Waals surface area contributed by atoms with Crippen molar-refractivity contribution in [3.05, 3.63) is 31.0 Å². The van der Waals surface area contributed by atoms with E-state index < -0.39 is 0 Å². The van der Waals surface area contributed by atoms with Crippen molar-refractivity contribution in [1.82, 2.24) is 19.4 Å². The van der Waals surface area contributed by atoms with Crippen LogP contribution in [0.1, 0.15) is 12.8 Å². The van der Waals surface area contributed by atoms with E-state index in [0.29, 0.717) is 6.04 Å². The SMILES string of the molecule is CN1CCCC1Cn1cncc1-c1cnccc1N. The van der Waals surface area contributed by atoms with E-state index in [1.165, 1.54) is 19.4 Å². The van der Waals surface area contributed by atoms with Crippen LogP contribution in [0, 0.1) is 0 Å². The van der Waals surface area contributed by atoms with Crippen molar-refractivity contribution >= 4 is 5.69 Å². The van der Waals surface area contributed by atoms with E-state index >= 15 is 0 Å². The lowest BCUT2D eigenvalue weighted by Crippen LogP contribution is -2.29. The molecule has 3 heterocycles. The number of nitrogen functional groups attached to an aromatic ring is 1. The molecule has 1 fully saturated rings. The second-order valence-electron chi connectivity index (χ2n) is 5.17. The predicted octanol–water partition coefficient (Wildman–Crippen LogP) is 1.62. The first-order valence-electron chi connectivity index (χ1n) is 6.66. The van der Waals surface area contributed by atoms with Crippen LogP contribution in [0.2, 0.25) is 0 Å². The Labute approximate surface area is 113 Å². The predicted molar refractivity (Wildman–Crippen MR) is 75.5 cm³/mol. The third-order valence-corrected chi connectivity index (χ3v) is 3.92. The fourth-order valence-corrected chi connectivity index (χ4v) is 2.75. The van der Waals surface area contributed by atoms with Crippen LogP contribution < -0.4 is 5.73 Å². The van der Waals surface area contributed by atoms with E-state index in [4.69, 9.17) is 5.73 Å². The smallest absolute Gasteiger partial charge is 0.0951 e. The zero-order valence-corrected chi connectivity index (χ0v) is 11.2. The van der Waals surface area contributed by atoms with Gasteiger partial charge in [0.05, 0.1) is 18.2 Å². The topological polar surface area (TPSA) is 60.0 Å². The summed E-state index contributed by atoms with van der Waals surface area (Å²) in [7, 11) is 2.19. The van der Waals surface area contributed by atoms with Crippen molar-refractivity contribution in [2.45, 2.75) is 25.4 Å². The molecule has 0 aromatic carbocycles. The summed E-state index contributed by atoms with van der Waals surface area (Å²) in [6.45, 7) is 2.14. The molecule has 0 saturated carbocycles. The number of hydrogen-bond acceptors (Lipinski definition) is 4. The molecule has 0 spiro atoms. The molecule has 3 rings (SSSR count). The van der Waals surface area contributed by atoms with Crippen LogP contribution in [0.3, 0.4) is 0 Å². The molecule has 100 valence electrons. The molecule has 2 aromatic heterocycles. The zero-order valence-electron chi connectivity index (χ0n) is 11.2. The van der Waals surface area contributed by atoms with Gasteiger partial charge in [0.2, 0.25) is 0 Å². The van der Waals surface area contributed by atoms with Crippen molar-refractivity contribution in [3.8, 4) is 11.3 Å². The third-order valence-electron chi connectivity index (χ3n) is 3.92. The highest BCUT2D eigenvalue weighted by Crippen LogP contribution is 2.26. The molecule has 5 heteroatoms. The summed E-state index contributed by atoms with van der Waals surface area (Å²) in [6.07, 6.45) is 9.79. The molecule has 1 atom stereocenters. The Hall–Kier alpha value is -1.88. The van der Waals surface area contributed by atoms with Gasteiger partial charge in [0.1, 0.15) is 0 Å². The Morgan fingerprint density at radius 3 is 3.00 bits per heavy atom. The number of likely N-dealkylation sites (N-methyl/N-ethyl adjacent to an activating group) is 1. The summed E-state index contributed by atoms with van der Waals surface area (Å²) in [5.41, 5.74) is 8.78. The van der Waals surface area contributed by atoms with Gasteiger partial charge in [-0.2, -0.15) is 0 Å². The minimum Gasteiger partial charge on any atom is -0.398 e. The number of imidazole rings is 1. The fourth-order valence-electron chi connectivity index (χ4n) is 2.75. The molecule has 1 unspecified atom stereocenters. The Bertz CT molecular complexity index is 562. The van der Waals surface area contributed by atoms with Crippen LogP contribution in [-0.2, 0) is 6.54 Å². The standard InChI is InChI=1S/C14H19N5/c1-18-6-2-3-11(18)9-19-10-17-8-14(19)12-7-16-5-4-13(12)15/h4-5,7-8,10-11H,2-3,6,9H2,1H3,(H2,15,16). The minimum atomic E-state index is 0.589. The van der Waals surface area contributed by atoms with Crippen LogP contribution in [0.5, 0.6) is 0 Å². The summed E-state index contributed by atoms with van der Waals surface area (Å²) < 4.78 is 2.18. The van der Waals surface area contributed by atoms with E-state index in [-0.39, 0.29) is 0 Å². The number of pyridine rings is 1. The highest BCUT2D eigenvalue weighted by Gasteiger charge is 2.22. The summed E-state index contributed by atoms with van der Waals surface area (Å²) in [6, 6.07) is 2.42. The molecular weight excluding hydrogens is 238 g/mol. The zero-order chi connectivity index (χ0) is 13.2. The minimum absolute atomic E-state index is 0.589. The second kappa shape index (κ2) is 5.01.